The molecule has 1 heterocycles. The first-order valence-electron chi connectivity index (χ1n) is 6.92. The van der Waals surface area contributed by atoms with E-state index in [-0.39, 0.29) is 11.9 Å². The van der Waals surface area contributed by atoms with Crippen molar-refractivity contribution in [1.29, 1.82) is 0 Å². The number of carbonyl (C=O) groups excluding carboxylic acids is 1. The maximum atomic E-state index is 12.4. The van der Waals surface area contributed by atoms with Crippen LogP contribution >= 0.6 is 0 Å². The number of benzene rings is 1. The van der Waals surface area contributed by atoms with Crippen LogP contribution in [0.5, 0.6) is 0 Å². The second-order valence-electron chi connectivity index (χ2n) is 5.15. The molecular formula is C15H23N3O. The maximum absolute atomic E-state index is 12.4. The van der Waals surface area contributed by atoms with E-state index in [1.807, 2.05) is 37.1 Å². The lowest BCUT2D eigenvalue weighted by Gasteiger charge is -2.33. The Labute approximate surface area is 115 Å². The van der Waals surface area contributed by atoms with Gasteiger partial charge in [0, 0.05) is 32.7 Å². The van der Waals surface area contributed by atoms with Crippen LogP contribution in [0.15, 0.2) is 30.3 Å². The van der Waals surface area contributed by atoms with Gasteiger partial charge in [0.15, 0.2) is 0 Å². The van der Waals surface area contributed by atoms with Crippen LogP contribution in [-0.4, -0.2) is 55.0 Å². The summed E-state index contributed by atoms with van der Waals surface area (Å²) in [5, 5.41) is 3.27. The largest absolute Gasteiger partial charge is 0.339 e. The lowest BCUT2D eigenvalue weighted by Crippen LogP contribution is -2.52. The Morgan fingerprint density at radius 3 is 2.58 bits per heavy atom. The zero-order valence-corrected chi connectivity index (χ0v) is 11.8. The van der Waals surface area contributed by atoms with Gasteiger partial charge >= 0.3 is 0 Å². The predicted molar refractivity (Wildman–Crippen MR) is 76.8 cm³/mol. The van der Waals surface area contributed by atoms with Gasteiger partial charge < -0.3 is 10.2 Å². The lowest BCUT2D eigenvalue weighted by atomic mass is 10.1. The van der Waals surface area contributed by atoms with E-state index in [1.54, 1.807) is 0 Å². The third kappa shape index (κ3) is 3.78. The quantitative estimate of drug-likeness (QED) is 0.876. The number of nitrogens with zero attached hydrogens (tertiary/aromatic N) is 2. The van der Waals surface area contributed by atoms with E-state index in [2.05, 4.69) is 22.3 Å². The molecule has 1 saturated heterocycles. The van der Waals surface area contributed by atoms with Gasteiger partial charge in [-0.05, 0) is 19.5 Å². The Bertz CT molecular complexity index is 401. The molecule has 4 nitrogen and oxygen atoms in total. The molecule has 19 heavy (non-hydrogen) atoms. The third-order valence-corrected chi connectivity index (χ3v) is 3.72. The predicted octanol–water partition coefficient (Wildman–Crippen LogP) is 0.939. The van der Waals surface area contributed by atoms with Crippen LogP contribution in [0.25, 0.3) is 0 Å². The SMILES string of the molecule is CC(C(=O)N1CCNCC1)N(C)Cc1ccccc1. The van der Waals surface area contributed by atoms with Gasteiger partial charge in [-0.15, -0.1) is 0 Å². The standard InChI is InChI=1S/C15H23N3O/c1-13(15(19)18-10-8-16-9-11-18)17(2)12-14-6-4-3-5-7-14/h3-7,13,16H,8-12H2,1-2H3. The molecule has 0 radical (unpaired) electrons. The van der Waals surface area contributed by atoms with Gasteiger partial charge in [0.1, 0.15) is 0 Å². The molecule has 4 heteroatoms. The number of hydrogen-bond donors (Lipinski definition) is 1. The highest BCUT2D eigenvalue weighted by atomic mass is 16.2. The van der Waals surface area contributed by atoms with E-state index < -0.39 is 0 Å². The van der Waals surface area contributed by atoms with Gasteiger partial charge in [-0.3, -0.25) is 9.69 Å². The molecule has 0 saturated carbocycles. The molecule has 1 aromatic rings. The highest BCUT2D eigenvalue weighted by Gasteiger charge is 2.24. The average Bonchev–Trinajstić information content (AvgIpc) is 2.47. The Morgan fingerprint density at radius 1 is 1.32 bits per heavy atom. The molecule has 1 aliphatic heterocycles. The summed E-state index contributed by atoms with van der Waals surface area (Å²) in [6.45, 7) is 6.25. The number of hydrogen-bond acceptors (Lipinski definition) is 3. The summed E-state index contributed by atoms with van der Waals surface area (Å²) < 4.78 is 0. The molecule has 2 rings (SSSR count). The summed E-state index contributed by atoms with van der Waals surface area (Å²) >= 11 is 0. The van der Waals surface area contributed by atoms with Gasteiger partial charge in [0.2, 0.25) is 5.91 Å². The van der Waals surface area contributed by atoms with E-state index >= 15 is 0 Å². The van der Waals surface area contributed by atoms with Crippen molar-refractivity contribution in [2.75, 3.05) is 33.2 Å². The van der Waals surface area contributed by atoms with Crippen LogP contribution < -0.4 is 5.32 Å². The Kier molecular flexibility index (Phi) is 4.93. The van der Waals surface area contributed by atoms with E-state index in [4.69, 9.17) is 0 Å². The van der Waals surface area contributed by atoms with Crippen LogP contribution in [0.3, 0.4) is 0 Å². The molecule has 1 amide bonds. The smallest absolute Gasteiger partial charge is 0.239 e. The second kappa shape index (κ2) is 6.68. The lowest BCUT2D eigenvalue weighted by molar-refractivity contribution is -0.136. The molecule has 104 valence electrons. The number of nitrogens with one attached hydrogen (secondary N) is 1. The minimum absolute atomic E-state index is 0.0710. The normalized spacial score (nSPS) is 17.5. The number of amides is 1. The number of rotatable bonds is 4. The average molecular weight is 261 g/mol. The van der Waals surface area contributed by atoms with Crippen molar-refractivity contribution in [3.05, 3.63) is 35.9 Å². The Hall–Kier alpha value is -1.39. The van der Waals surface area contributed by atoms with Crippen molar-refractivity contribution in [3.8, 4) is 0 Å². The molecule has 0 bridgehead atoms. The number of likely N-dealkylation sites (N-methyl/N-ethyl adjacent to an activating group) is 1. The highest BCUT2D eigenvalue weighted by Crippen LogP contribution is 2.08. The summed E-state index contributed by atoms with van der Waals surface area (Å²) in [5.41, 5.74) is 1.24. The van der Waals surface area contributed by atoms with E-state index in [0.29, 0.717) is 0 Å². The number of carbonyl (C=O) groups is 1. The topological polar surface area (TPSA) is 35.6 Å². The van der Waals surface area contributed by atoms with E-state index in [9.17, 15) is 4.79 Å². The molecule has 1 atom stereocenters. The molecule has 1 N–H and O–H groups in total. The molecule has 1 fully saturated rings. The van der Waals surface area contributed by atoms with E-state index in [1.165, 1.54) is 5.56 Å². The fourth-order valence-corrected chi connectivity index (χ4v) is 2.35. The van der Waals surface area contributed by atoms with Crippen molar-refractivity contribution < 1.29 is 4.79 Å². The Morgan fingerprint density at radius 2 is 1.95 bits per heavy atom. The molecule has 0 aliphatic carbocycles. The Balaban J connectivity index is 1.90. The first-order valence-corrected chi connectivity index (χ1v) is 6.92. The van der Waals surface area contributed by atoms with Gasteiger partial charge in [0.25, 0.3) is 0 Å². The monoisotopic (exact) mass is 261 g/mol. The fraction of sp³-hybridized carbons (Fsp3) is 0.533. The summed E-state index contributed by atoms with van der Waals surface area (Å²) in [7, 11) is 2.01. The molecule has 0 spiro atoms. The van der Waals surface area contributed by atoms with Crippen molar-refractivity contribution >= 4 is 5.91 Å². The zero-order valence-electron chi connectivity index (χ0n) is 11.8. The molecular weight excluding hydrogens is 238 g/mol. The summed E-state index contributed by atoms with van der Waals surface area (Å²) in [4.78, 5) is 16.5. The molecule has 1 aromatic carbocycles. The van der Waals surface area contributed by atoms with Crippen molar-refractivity contribution in [2.45, 2.75) is 19.5 Å². The summed E-state index contributed by atoms with van der Waals surface area (Å²) in [5.74, 6) is 0.236. The fourth-order valence-electron chi connectivity index (χ4n) is 2.35. The van der Waals surface area contributed by atoms with Gasteiger partial charge in [0.05, 0.1) is 6.04 Å². The first-order chi connectivity index (χ1) is 9.18. The van der Waals surface area contributed by atoms with Gasteiger partial charge in [-0.2, -0.15) is 0 Å². The van der Waals surface area contributed by atoms with Crippen LogP contribution in [0, 0.1) is 0 Å². The van der Waals surface area contributed by atoms with Crippen LogP contribution in [0.4, 0.5) is 0 Å². The first kappa shape index (κ1) is 14.0. The maximum Gasteiger partial charge on any atom is 0.239 e. The van der Waals surface area contributed by atoms with Gasteiger partial charge in [-0.25, -0.2) is 0 Å². The number of piperazine rings is 1. The minimum atomic E-state index is -0.0710. The second-order valence-corrected chi connectivity index (χ2v) is 5.15. The third-order valence-electron chi connectivity index (χ3n) is 3.72. The van der Waals surface area contributed by atoms with Crippen LogP contribution in [0.1, 0.15) is 12.5 Å². The minimum Gasteiger partial charge on any atom is -0.339 e. The summed E-state index contributed by atoms with van der Waals surface area (Å²) in [6, 6.07) is 10.2. The molecule has 1 aliphatic rings. The van der Waals surface area contributed by atoms with Crippen LogP contribution in [-0.2, 0) is 11.3 Å². The van der Waals surface area contributed by atoms with Crippen molar-refractivity contribution in [3.63, 3.8) is 0 Å². The molecule has 1 unspecified atom stereocenters. The highest BCUT2D eigenvalue weighted by molar-refractivity contribution is 5.81. The van der Waals surface area contributed by atoms with Gasteiger partial charge in [-0.1, -0.05) is 30.3 Å². The van der Waals surface area contributed by atoms with Crippen molar-refractivity contribution in [2.24, 2.45) is 0 Å². The van der Waals surface area contributed by atoms with Crippen molar-refractivity contribution in [1.82, 2.24) is 15.1 Å². The molecule has 0 aromatic heterocycles. The van der Waals surface area contributed by atoms with E-state index in [0.717, 1.165) is 32.7 Å². The summed E-state index contributed by atoms with van der Waals surface area (Å²) in [6.07, 6.45) is 0. The zero-order chi connectivity index (χ0) is 13.7. The van der Waals surface area contributed by atoms with Crippen LogP contribution in [0.2, 0.25) is 0 Å².